The van der Waals surface area contributed by atoms with Gasteiger partial charge in [0.2, 0.25) is 5.91 Å². The van der Waals surface area contributed by atoms with Crippen LogP contribution in [-0.2, 0) is 4.79 Å². The molecule has 46 heavy (non-hydrogen) atoms. The maximum atomic E-state index is 14.8. The largest absolute Gasteiger partial charge is 0.492 e. The minimum atomic E-state index is -0.329. The number of hydrazine groups is 1. The van der Waals surface area contributed by atoms with Crippen molar-refractivity contribution in [1.82, 2.24) is 36.0 Å². The Morgan fingerprint density at radius 3 is 2.85 bits per heavy atom. The van der Waals surface area contributed by atoms with Gasteiger partial charge < -0.3 is 20.4 Å². The Bertz CT molecular complexity index is 1690. The van der Waals surface area contributed by atoms with Gasteiger partial charge in [-0.2, -0.15) is 0 Å². The summed E-state index contributed by atoms with van der Waals surface area (Å²) in [5.74, 6) is 1.58. The fourth-order valence-electron chi connectivity index (χ4n) is 7.13. The lowest BCUT2D eigenvalue weighted by Crippen LogP contribution is -2.46. The first-order chi connectivity index (χ1) is 22.4. The Morgan fingerprint density at radius 1 is 1.13 bits per heavy atom. The molecule has 1 amide bonds. The van der Waals surface area contributed by atoms with Crippen LogP contribution in [0.5, 0.6) is 5.75 Å². The van der Waals surface area contributed by atoms with Gasteiger partial charge in [-0.05, 0) is 73.7 Å². The lowest BCUT2D eigenvalue weighted by Gasteiger charge is -2.34. The third-order valence-corrected chi connectivity index (χ3v) is 9.38. The van der Waals surface area contributed by atoms with Crippen LogP contribution in [-0.4, -0.2) is 64.6 Å². The number of likely N-dealkylation sites (tertiary alicyclic amines) is 1. The number of H-pyrrole nitrogens is 1. The summed E-state index contributed by atoms with van der Waals surface area (Å²) in [5.41, 5.74) is 12.0. The van der Waals surface area contributed by atoms with Crippen molar-refractivity contribution in [3.63, 3.8) is 0 Å². The van der Waals surface area contributed by atoms with Crippen LogP contribution in [0.25, 0.3) is 22.2 Å². The molecule has 0 saturated carbocycles. The van der Waals surface area contributed by atoms with Crippen LogP contribution in [0.4, 0.5) is 10.1 Å². The first kappa shape index (κ1) is 30.7. The number of aromatic nitrogens is 3. The van der Waals surface area contributed by atoms with Gasteiger partial charge in [0.25, 0.3) is 0 Å². The fourth-order valence-corrected chi connectivity index (χ4v) is 7.13. The number of ether oxygens (including phenoxy) is 1. The van der Waals surface area contributed by atoms with Gasteiger partial charge in [-0.25, -0.2) is 14.8 Å². The van der Waals surface area contributed by atoms with Crippen molar-refractivity contribution < 1.29 is 13.9 Å². The minimum absolute atomic E-state index is 0.00126. The van der Waals surface area contributed by atoms with E-state index < -0.39 is 0 Å². The monoisotopic (exact) mass is 626 g/mol. The average molecular weight is 627 g/mol. The second-order valence-electron chi connectivity index (χ2n) is 13.3. The number of nitrogens with one attached hydrogen (secondary N) is 5. The molecule has 3 saturated heterocycles. The van der Waals surface area contributed by atoms with Crippen molar-refractivity contribution in [1.29, 1.82) is 0 Å². The van der Waals surface area contributed by atoms with E-state index in [4.69, 9.17) is 9.72 Å². The van der Waals surface area contributed by atoms with E-state index in [0.29, 0.717) is 24.5 Å². The van der Waals surface area contributed by atoms with Crippen LogP contribution >= 0.6 is 0 Å². The van der Waals surface area contributed by atoms with Crippen molar-refractivity contribution in [2.45, 2.75) is 57.7 Å². The van der Waals surface area contributed by atoms with E-state index in [1.807, 2.05) is 50.4 Å². The predicted octanol–water partition coefficient (Wildman–Crippen LogP) is 5.09. The smallest absolute Gasteiger partial charge is 0.224 e. The lowest BCUT2D eigenvalue weighted by atomic mass is 9.82. The number of imidazole rings is 1. The molecule has 0 bridgehead atoms. The van der Waals surface area contributed by atoms with Crippen LogP contribution in [0.3, 0.4) is 0 Å². The molecule has 4 unspecified atom stereocenters. The van der Waals surface area contributed by atoms with Gasteiger partial charge in [0.15, 0.2) is 0 Å². The zero-order valence-corrected chi connectivity index (χ0v) is 26.5. The topological polar surface area (TPSA) is 119 Å². The van der Waals surface area contributed by atoms with E-state index in [0.717, 1.165) is 66.1 Å². The number of rotatable bonds is 10. The molecular formula is C35H43FN8O2. The summed E-state index contributed by atoms with van der Waals surface area (Å²) in [6.07, 6.45) is 7.36. The number of carbonyl (C=O) groups excluding carboxylic acids is 1. The maximum Gasteiger partial charge on any atom is 0.224 e. The molecule has 5 heterocycles. The van der Waals surface area contributed by atoms with Gasteiger partial charge in [-0.3, -0.25) is 20.1 Å². The molecule has 10 nitrogen and oxygen atoms in total. The van der Waals surface area contributed by atoms with Gasteiger partial charge in [-0.1, -0.05) is 26.0 Å². The number of carbonyl (C=O) groups is 1. The SMILES string of the molecule is CC(C)CC(=O)Nc1cncc(C2CC3C(CN2)NNC3c2nc3c(-c4cc(F)cc(OCCN5CCCC5)c4)cccc3[nH]2)c1. The molecule has 0 radical (unpaired) electrons. The van der Waals surface area contributed by atoms with E-state index in [1.165, 1.54) is 18.9 Å². The van der Waals surface area contributed by atoms with Gasteiger partial charge >= 0.3 is 0 Å². The Hall–Kier alpha value is -3.90. The number of nitrogens with zero attached hydrogens (tertiary/aromatic N) is 3. The van der Waals surface area contributed by atoms with E-state index in [9.17, 15) is 9.18 Å². The molecule has 5 N–H and O–H groups in total. The normalized spacial score (nSPS) is 23.2. The number of hydrogen-bond acceptors (Lipinski definition) is 8. The van der Waals surface area contributed by atoms with Crippen LogP contribution in [0, 0.1) is 17.7 Å². The van der Waals surface area contributed by atoms with E-state index in [-0.39, 0.29) is 41.7 Å². The Kier molecular flexibility index (Phi) is 8.99. The third-order valence-electron chi connectivity index (χ3n) is 9.38. The minimum Gasteiger partial charge on any atom is -0.492 e. The molecule has 4 atom stereocenters. The molecule has 2 aromatic carbocycles. The molecule has 242 valence electrons. The van der Waals surface area contributed by atoms with Crippen molar-refractivity contribution in [2.75, 3.05) is 38.1 Å². The highest BCUT2D eigenvalue weighted by Gasteiger charge is 2.42. The standard InChI is InChI=1S/C35H43FN8O2/c1-21(2)12-32(45)39-25-14-23(18-37-19-25)30-17-28-31(20-38-30)42-43-34(28)35-40-29-7-5-6-27(33(29)41-35)22-13-24(36)16-26(15-22)46-11-10-44-8-3-4-9-44/h5-7,13-16,18-19,21,28,30-31,34,38,42-43H,3-4,8-12,17,20H2,1-2H3,(H,39,45)(H,40,41). The number of benzene rings is 2. The summed E-state index contributed by atoms with van der Waals surface area (Å²) >= 11 is 0. The summed E-state index contributed by atoms with van der Waals surface area (Å²) in [4.78, 5) is 27.8. The second kappa shape index (κ2) is 13.4. The van der Waals surface area contributed by atoms with E-state index in [2.05, 4.69) is 36.4 Å². The molecule has 0 spiro atoms. The average Bonchev–Trinajstić information content (AvgIpc) is 3.80. The van der Waals surface area contributed by atoms with Gasteiger partial charge in [0.1, 0.15) is 24.0 Å². The fraction of sp³-hybridized carbons (Fsp3) is 0.457. The Balaban J connectivity index is 1.08. The molecule has 0 aliphatic carbocycles. The number of hydrogen-bond donors (Lipinski definition) is 5. The molecule has 3 fully saturated rings. The van der Waals surface area contributed by atoms with Crippen LogP contribution in [0.1, 0.15) is 63.0 Å². The predicted molar refractivity (Wildman–Crippen MR) is 177 cm³/mol. The Labute approximate surface area is 268 Å². The number of para-hydroxylation sites is 1. The highest BCUT2D eigenvalue weighted by atomic mass is 19.1. The number of aromatic amines is 1. The van der Waals surface area contributed by atoms with Gasteiger partial charge in [-0.15, -0.1) is 0 Å². The number of amides is 1. The molecule has 3 aliphatic heterocycles. The molecule has 2 aromatic heterocycles. The van der Waals surface area contributed by atoms with Crippen LogP contribution < -0.4 is 26.2 Å². The van der Waals surface area contributed by atoms with E-state index >= 15 is 0 Å². The first-order valence-corrected chi connectivity index (χ1v) is 16.5. The quantitative estimate of drug-likeness (QED) is 0.165. The van der Waals surface area contributed by atoms with E-state index in [1.54, 1.807) is 12.3 Å². The van der Waals surface area contributed by atoms with Crippen LogP contribution in [0.15, 0.2) is 54.9 Å². The zero-order chi connectivity index (χ0) is 31.6. The first-order valence-electron chi connectivity index (χ1n) is 16.5. The molecule has 4 aromatic rings. The highest BCUT2D eigenvalue weighted by molar-refractivity contribution is 5.92. The second-order valence-corrected chi connectivity index (χ2v) is 13.3. The highest BCUT2D eigenvalue weighted by Crippen LogP contribution is 2.39. The van der Waals surface area contributed by atoms with Crippen molar-refractivity contribution in [3.8, 4) is 16.9 Å². The summed E-state index contributed by atoms with van der Waals surface area (Å²) in [6, 6.07) is 13.2. The zero-order valence-electron chi connectivity index (χ0n) is 26.5. The molecule has 7 rings (SSSR count). The lowest BCUT2D eigenvalue weighted by molar-refractivity contribution is -0.116. The number of halogens is 1. The molecule has 11 heteroatoms. The maximum absolute atomic E-state index is 14.8. The number of pyridine rings is 1. The summed E-state index contributed by atoms with van der Waals surface area (Å²) in [5, 5.41) is 6.65. The summed E-state index contributed by atoms with van der Waals surface area (Å²) < 4.78 is 20.8. The number of fused-ring (bicyclic) bond motifs is 2. The van der Waals surface area contributed by atoms with Gasteiger partial charge in [0, 0.05) is 55.3 Å². The molecule has 3 aliphatic rings. The third kappa shape index (κ3) is 6.78. The van der Waals surface area contributed by atoms with Crippen molar-refractivity contribution >= 4 is 22.6 Å². The number of piperidine rings is 1. The Morgan fingerprint density at radius 2 is 2.00 bits per heavy atom. The van der Waals surface area contributed by atoms with Crippen molar-refractivity contribution in [3.05, 3.63) is 72.1 Å². The summed E-state index contributed by atoms with van der Waals surface area (Å²) in [6.45, 7) is 8.43. The summed E-state index contributed by atoms with van der Waals surface area (Å²) in [7, 11) is 0. The van der Waals surface area contributed by atoms with Crippen LogP contribution in [0.2, 0.25) is 0 Å². The van der Waals surface area contributed by atoms with Crippen molar-refractivity contribution in [2.24, 2.45) is 11.8 Å². The van der Waals surface area contributed by atoms with Gasteiger partial charge in [0.05, 0.1) is 29.0 Å². The number of anilines is 1. The molecular weight excluding hydrogens is 583 g/mol.